The Morgan fingerprint density at radius 3 is 2.85 bits per heavy atom. The fourth-order valence-electron chi connectivity index (χ4n) is 3.32. The van der Waals surface area contributed by atoms with Crippen LogP contribution in [-0.4, -0.2) is 45.2 Å². The van der Waals surface area contributed by atoms with Gasteiger partial charge in [0, 0.05) is 38.2 Å². The normalized spacial score (nSPS) is 17.2. The van der Waals surface area contributed by atoms with Crippen LogP contribution >= 0.6 is 0 Å². The first-order valence-corrected chi connectivity index (χ1v) is 8.79. The van der Waals surface area contributed by atoms with E-state index < -0.39 is 0 Å². The predicted octanol–water partition coefficient (Wildman–Crippen LogP) is 2.11. The molecule has 3 heterocycles. The Kier molecular flexibility index (Phi) is 4.75. The number of rotatable bonds is 4. The number of hydrogen-bond acceptors (Lipinski definition) is 4. The van der Waals surface area contributed by atoms with Crippen molar-refractivity contribution in [3.8, 4) is 0 Å². The standard InChI is InChI=1S/C20H21N5O/c26-20(18-12-23-24(15-18)14-16-5-2-1-3-6-16)25-10-9-22-13-19(25)17-7-4-8-21-11-17/h1-8,11-12,15,19,22H,9-10,13-14H2. The van der Waals surface area contributed by atoms with Crippen molar-refractivity contribution in [3.05, 3.63) is 83.9 Å². The lowest BCUT2D eigenvalue weighted by atomic mass is 10.0. The van der Waals surface area contributed by atoms with Gasteiger partial charge in [0.05, 0.1) is 24.3 Å². The van der Waals surface area contributed by atoms with Gasteiger partial charge < -0.3 is 10.2 Å². The van der Waals surface area contributed by atoms with Crippen LogP contribution in [0.5, 0.6) is 0 Å². The lowest BCUT2D eigenvalue weighted by Crippen LogP contribution is -2.48. The summed E-state index contributed by atoms with van der Waals surface area (Å²) in [5.41, 5.74) is 2.83. The van der Waals surface area contributed by atoms with Crippen LogP contribution in [0.1, 0.15) is 27.5 Å². The molecule has 1 atom stereocenters. The molecule has 6 heteroatoms. The Balaban J connectivity index is 1.53. The largest absolute Gasteiger partial charge is 0.329 e. The topological polar surface area (TPSA) is 63.1 Å². The average Bonchev–Trinajstić information content (AvgIpc) is 3.17. The van der Waals surface area contributed by atoms with Crippen molar-refractivity contribution in [3.63, 3.8) is 0 Å². The molecule has 1 unspecified atom stereocenters. The lowest BCUT2D eigenvalue weighted by Gasteiger charge is -2.36. The summed E-state index contributed by atoms with van der Waals surface area (Å²) in [6.07, 6.45) is 7.07. The van der Waals surface area contributed by atoms with E-state index in [1.54, 1.807) is 12.4 Å². The van der Waals surface area contributed by atoms with E-state index in [4.69, 9.17) is 0 Å². The third kappa shape index (κ3) is 3.50. The van der Waals surface area contributed by atoms with E-state index in [0.717, 1.165) is 24.2 Å². The zero-order valence-corrected chi connectivity index (χ0v) is 14.5. The number of piperazine rings is 1. The van der Waals surface area contributed by atoms with Crippen LogP contribution in [0.2, 0.25) is 0 Å². The van der Waals surface area contributed by atoms with Crippen LogP contribution in [0.25, 0.3) is 0 Å². The lowest BCUT2D eigenvalue weighted by molar-refractivity contribution is 0.0634. The van der Waals surface area contributed by atoms with Gasteiger partial charge in [0.15, 0.2) is 0 Å². The molecule has 3 aromatic rings. The number of nitrogens with one attached hydrogen (secondary N) is 1. The van der Waals surface area contributed by atoms with Crippen molar-refractivity contribution in [1.29, 1.82) is 0 Å². The molecular weight excluding hydrogens is 326 g/mol. The maximum absolute atomic E-state index is 13.1. The van der Waals surface area contributed by atoms with E-state index in [1.165, 1.54) is 0 Å². The first-order chi connectivity index (χ1) is 12.8. The molecule has 0 spiro atoms. The Hall–Kier alpha value is -2.99. The molecule has 0 bridgehead atoms. The second-order valence-electron chi connectivity index (χ2n) is 6.42. The molecule has 1 aliphatic rings. The number of nitrogens with zero attached hydrogens (tertiary/aromatic N) is 4. The first kappa shape index (κ1) is 16.5. The van der Waals surface area contributed by atoms with Crippen LogP contribution in [0.15, 0.2) is 67.3 Å². The fraction of sp³-hybridized carbons (Fsp3) is 0.250. The molecule has 1 N–H and O–H groups in total. The van der Waals surface area contributed by atoms with Gasteiger partial charge >= 0.3 is 0 Å². The number of amides is 1. The fourth-order valence-corrected chi connectivity index (χ4v) is 3.32. The van der Waals surface area contributed by atoms with Crippen LogP contribution < -0.4 is 5.32 Å². The number of aromatic nitrogens is 3. The Labute approximate surface area is 152 Å². The molecule has 1 aliphatic heterocycles. The molecule has 1 fully saturated rings. The minimum absolute atomic E-state index is 0.0116. The summed E-state index contributed by atoms with van der Waals surface area (Å²) in [5.74, 6) is 0.0136. The van der Waals surface area contributed by atoms with E-state index >= 15 is 0 Å². The minimum atomic E-state index is -0.0116. The Morgan fingerprint density at radius 2 is 2.04 bits per heavy atom. The summed E-state index contributed by atoms with van der Waals surface area (Å²) < 4.78 is 1.81. The van der Waals surface area contributed by atoms with Gasteiger partial charge in [-0.05, 0) is 17.2 Å². The van der Waals surface area contributed by atoms with Gasteiger partial charge in [0.2, 0.25) is 0 Å². The van der Waals surface area contributed by atoms with Crippen molar-refractivity contribution in [2.75, 3.05) is 19.6 Å². The smallest absolute Gasteiger partial charge is 0.257 e. The van der Waals surface area contributed by atoms with E-state index in [2.05, 4.69) is 27.5 Å². The Bertz CT molecular complexity index is 862. The third-order valence-corrected chi connectivity index (χ3v) is 4.64. The Morgan fingerprint density at radius 1 is 1.15 bits per heavy atom. The number of pyridine rings is 1. The van der Waals surface area contributed by atoms with E-state index in [9.17, 15) is 4.79 Å². The van der Waals surface area contributed by atoms with Gasteiger partial charge in [-0.15, -0.1) is 0 Å². The van der Waals surface area contributed by atoms with Crippen molar-refractivity contribution < 1.29 is 4.79 Å². The summed E-state index contributed by atoms with van der Waals surface area (Å²) >= 11 is 0. The van der Waals surface area contributed by atoms with Gasteiger partial charge in [-0.2, -0.15) is 5.10 Å². The van der Waals surface area contributed by atoms with Crippen molar-refractivity contribution >= 4 is 5.91 Å². The van der Waals surface area contributed by atoms with E-state index in [-0.39, 0.29) is 11.9 Å². The molecule has 0 aliphatic carbocycles. The zero-order valence-electron chi connectivity index (χ0n) is 14.5. The molecule has 0 radical (unpaired) electrons. The molecule has 0 saturated carbocycles. The molecule has 1 saturated heterocycles. The molecule has 4 rings (SSSR count). The van der Waals surface area contributed by atoms with Crippen LogP contribution in [0, 0.1) is 0 Å². The molecule has 2 aromatic heterocycles. The van der Waals surface area contributed by atoms with Gasteiger partial charge in [-0.25, -0.2) is 0 Å². The molecule has 6 nitrogen and oxygen atoms in total. The predicted molar refractivity (Wildman–Crippen MR) is 98.7 cm³/mol. The van der Waals surface area contributed by atoms with Crippen LogP contribution in [0.4, 0.5) is 0 Å². The molecular formula is C20H21N5O. The third-order valence-electron chi connectivity index (χ3n) is 4.64. The van der Waals surface area contributed by atoms with Crippen molar-refractivity contribution in [1.82, 2.24) is 25.0 Å². The van der Waals surface area contributed by atoms with Gasteiger partial charge in [-0.3, -0.25) is 14.5 Å². The highest BCUT2D eigenvalue weighted by Gasteiger charge is 2.29. The van der Waals surface area contributed by atoms with Crippen LogP contribution in [0.3, 0.4) is 0 Å². The highest BCUT2D eigenvalue weighted by atomic mass is 16.2. The van der Waals surface area contributed by atoms with Crippen molar-refractivity contribution in [2.24, 2.45) is 0 Å². The van der Waals surface area contributed by atoms with E-state index in [1.807, 2.05) is 52.3 Å². The van der Waals surface area contributed by atoms with Gasteiger partial charge in [0.1, 0.15) is 0 Å². The zero-order chi connectivity index (χ0) is 17.8. The summed E-state index contributed by atoms with van der Waals surface area (Å²) in [5, 5.41) is 7.73. The monoisotopic (exact) mass is 347 g/mol. The minimum Gasteiger partial charge on any atom is -0.329 e. The number of carbonyl (C=O) groups is 1. The summed E-state index contributed by atoms with van der Waals surface area (Å²) in [4.78, 5) is 19.2. The second-order valence-corrected chi connectivity index (χ2v) is 6.42. The molecule has 26 heavy (non-hydrogen) atoms. The molecule has 132 valence electrons. The van der Waals surface area contributed by atoms with Gasteiger partial charge in [0.25, 0.3) is 5.91 Å². The summed E-state index contributed by atoms with van der Waals surface area (Å²) in [6, 6.07) is 14.0. The SMILES string of the molecule is O=C(c1cnn(Cc2ccccc2)c1)N1CCNCC1c1cccnc1. The molecule has 1 aromatic carbocycles. The maximum Gasteiger partial charge on any atom is 0.257 e. The molecule has 1 amide bonds. The average molecular weight is 347 g/mol. The van der Waals surface area contributed by atoms with Crippen molar-refractivity contribution in [2.45, 2.75) is 12.6 Å². The first-order valence-electron chi connectivity index (χ1n) is 8.79. The summed E-state index contributed by atoms with van der Waals surface area (Å²) in [6.45, 7) is 2.85. The maximum atomic E-state index is 13.1. The van der Waals surface area contributed by atoms with Crippen LogP contribution in [-0.2, 0) is 6.54 Å². The second kappa shape index (κ2) is 7.49. The summed E-state index contributed by atoms with van der Waals surface area (Å²) in [7, 11) is 0. The number of carbonyl (C=O) groups excluding carboxylic acids is 1. The quantitative estimate of drug-likeness (QED) is 0.785. The highest BCUT2D eigenvalue weighted by Crippen LogP contribution is 2.23. The van der Waals surface area contributed by atoms with E-state index in [0.29, 0.717) is 18.7 Å². The number of hydrogen-bond donors (Lipinski definition) is 1. The van der Waals surface area contributed by atoms with Gasteiger partial charge in [-0.1, -0.05) is 36.4 Å². The highest BCUT2D eigenvalue weighted by molar-refractivity contribution is 5.94. The number of benzene rings is 1.